The van der Waals surface area contributed by atoms with Crippen molar-refractivity contribution in [1.29, 1.82) is 0 Å². The summed E-state index contributed by atoms with van der Waals surface area (Å²) in [5.41, 5.74) is 2.73. The van der Waals surface area contributed by atoms with Gasteiger partial charge in [0.15, 0.2) is 11.5 Å². The summed E-state index contributed by atoms with van der Waals surface area (Å²) in [4.78, 5) is 11.2. The molecule has 98 valence electrons. The van der Waals surface area contributed by atoms with Crippen molar-refractivity contribution in [3.05, 3.63) is 23.8 Å². The molecule has 1 aromatic rings. The predicted octanol–water partition coefficient (Wildman–Crippen LogP) is 0.887. The summed E-state index contributed by atoms with van der Waals surface area (Å²) in [5.74, 6) is -0.0297. The first-order chi connectivity index (χ1) is 8.69. The maximum atomic E-state index is 11.2. The molecule has 6 heteroatoms. The molecule has 0 aliphatic rings. The van der Waals surface area contributed by atoms with Gasteiger partial charge in [-0.25, -0.2) is 5.43 Å². The third-order valence-electron chi connectivity index (χ3n) is 2.08. The molecule has 0 aromatic heterocycles. The number of carbonyl (C=O) groups excluding carboxylic acids is 1. The Labute approximate surface area is 105 Å². The molecule has 0 saturated heterocycles. The molecule has 0 aliphatic carbocycles. The summed E-state index contributed by atoms with van der Waals surface area (Å²) in [7, 11) is 1.46. The van der Waals surface area contributed by atoms with Crippen LogP contribution in [0.2, 0.25) is 0 Å². The highest BCUT2D eigenvalue weighted by Gasteiger charge is 2.05. The lowest BCUT2D eigenvalue weighted by Gasteiger charge is -2.04. The smallest absolute Gasteiger partial charge is 0.266 e. The zero-order chi connectivity index (χ0) is 13.4. The molecular formula is C12H16N2O4. The molecule has 18 heavy (non-hydrogen) atoms. The summed E-state index contributed by atoms with van der Waals surface area (Å²) in [6.07, 6.45) is 1.34. The molecule has 0 fully saturated rings. The number of nitrogens with one attached hydrogen (secondary N) is 1. The molecule has 2 N–H and O–H groups in total. The molecule has 0 radical (unpaired) electrons. The highest BCUT2D eigenvalue weighted by atomic mass is 16.5. The number of benzene rings is 1. The maximum absolute atomic E-state index is 11.2. The van der Waals surface area contributed by atoms with Crippen LogP contribution in [-0.2, 0) is 9.53 Å². The van der Waals surface area contributed by atoms with E-state index in [1.54, 1.807) is 25.1 Å². The lowest BCUT2D eigenvalue weighted by molar-refractivity contribution is -0.125. The van der Waals surface area contributed by atoms with E-state index in [2.05, 4.69) is 10.5 Å². The van der Waals surface area contributed by atoms with Crippen LogP contribution in [-0.4, -0.2) is 37.6 Å². The molecule has 0 saturated carbocycles. The quantitative estimate of drug-likeness (QED) is 0.582. The number of hydrogen-bond donors (Lipinski definition) is 2. The van der Waals surface area contributed by atoms with Crippen LogP contribution in [0.3, 0.4) is 0 Å². The van der Waals surface area contributed by atoms with Gasteiger partial charge in [-0.1, -0.05) is 6.07 Å². The third-order valence-corrected chi connectivity index (χ3v) is 2.08. The van der Waals surface area contributed by atoms with E-state index < -0.39 is 0 Å². The van der Waals surface area contributed by atoms with E-state index in [1.807, 2.05) is 0 Å². The molecule has 0 heterocycles. The average Bonchev–Trinajstić information content (AvgIpc) is 2.38. The Bertz CT molecular complexity index is 432. The zero-order valence-corrected chi connectivity index (χ0v) is 10.3. The van der Waals surface area contributed by atoms with Crippen molar-refractivity contribution in [1.82, 2.24) is 5.43 Å². The lowest BCUT2D eigenvalue weighted by atomic mass is 10.2. The van der Waals surface area contributed by atoms with Crippen LogP contribution in [0, 0.1) is 0 Å². The maximum Gasteiger partial charge on any atom is 0.266 e. The van der Waals surface area contributed by atoms with Gasteiger partial charge in [-0.2, -0.15) is 5.10 Å². The zero-order valence-electron chi connectivity index (χ0n) is 10.3. The van der Waals surface area contributed by atoms with Gasteiger partial charge < -0.3 is 14.6 Å². The van der Waals surface area contributed by atoms with Gasteiger partial charge in [0.2, 0.25) is 0 Å². The van der Waals surface area contributed by atoms with Crippen molar-refractivity contribution in [3.63, 3.8) is 0 Å². The van der Waals surface area contributed by atoms with Crippen molar-refractivity contribution in [3.8, 4) is 11.5 Å². The molecule has 1 rings (SSSR count). The number of hydrogen-bond acceptors (Lipinski definition) is 5. The Morgan fingerprint density at radius 3 is 3.00 bits per heavy atom. The second-order valence-corrected chi connectivity index (χ2v) is 3.33. The molecular weight excluding hydrogens is 236 g/mol. The summed E-state index contributed by atoms with van der Waals surface area (Å²) in [6.45, 7) is 2.22. The van der Waals surface area contributed by atoms with Crippen LogP contribution in [0.15, 0.2) is 23.3 Å². The molecule has 0 aliphatic heterocycles. The number of aromatic hydroxyl groups is 1. The van der Waals surface area contributed by atoms with E-state index >= 15 is 0 Å². The van der Waals surface area contributed by atoms with Crippen molar-refractivity contribution in [2.75, 3.05) is 20.3 Å². The van der Waals surface area contributed by atoms with Crippen LogP contribution in [0.1, 0.15) is 12.5 Å². The van der Waals surface area contributed by atoms with E-state index in [9.17, 15) is 9.90 Å². The minimum atomic E-state index is -0.351. The van der Waals surface area contributed by atoms with Crippen molar-refractivity contribution in [2.45, 2.75) is 6.92 Å². The van der Waals surface area contributed by atoms with Gasteiger partial charge in [-0.15, -0.1) is 0 Å². The van der Waals surface area contributed by atoms with Crippen molar-refractivity contribution in [2.24, 2.45) is 5.10 Å². The van der Waals surface area contributed by atoms with E-state index in [0.29, 0.717) is 17.9 Å². The number of hydrazone groups is 1. The van der Waals surface area contributed by atoms with Crippen LogP contribution < -0.4 is 10.2 Å². The summed E-state index contributed by atoms with van der Waals surface area (Å²) < 4.78 is 9.85. The Hall–Kier alpha value is -2.08. The summed E-state index contributed by atoms with van der Waals surface area (Å²) in [5, 5.41) is 13.5. The highest BCUT2D eigenvalue weighted by molar-refractivity contribution is 5.86. The van der Waals surface area contributed by atoms with E-state index in [-0.39, 0.29) is 18.3 Å². The highest BCUT2D eigenvalue weighted by Crippen LogP contribution is 2.27. The summed E-state index contributed by atoms with van der Waals surface area (Å²) in [6, 6.07) is 4.98. The molecule has 0 bridgehead atoms. The van der Waals surface area contributed by atoms with Gasteiger partial charge >= 0.3 is 0 Å². The molecule has 0 unspecified atom stereocenters. The average molecular weight is 252 g/mol. The fourth-order valence-electron chi connectivity index (χ4n) is 1.21. The molecule has 0 spiro atoms. The number of para-hydroxylation sites is 1. The van der Waals surface area contributed by atoms with Crippen LogP contribution in [0.25, 0.3) is 0 Å². The van der Waals surface area contributed by atoms with Gasteiger partial charge in [0.05, 0.1) is 13.3 Å². The Balaban J connectivity index is 2.59. The monoisotopic (exact) mass is 252 g/mol. The largest absolute Gasteiger partial charge is 0.504 e. The topological polar surface area (TPSA) is 80.2 Å². The third kappa shape index (κ3) is 4.06. The minimum absolute atomic E-state index is 0.0252. The van der Waals surface area contributed by atoms with Crippen molar-refractivity contribution >= 4 is 12.1 Å². The molecule has 1 aromatic carbocycles. The number of amides is 1. The predicted molar refractivity (Wildman–Crippen MR) is 66.9 cm³/mol. The fraction of sp³-hybridized carbons (Fsp3) is 0.333. The Morgan fingerprint density at radius 2 is 2.33 bits per heavy atom. The molecule has 1 amide bonds. The second kappa shape index (κ2) is 7.29. The lowest BCUT2D eigenvalue weighted by Crippen LogP contribution is -2.22. The standard InChI is InChI=1S/C12H16N2O4/c1-3-18-8-11(15)14-13-7-9-5-4-6-10(17-2)12(9)16/h4-7,16H,3,8H2,1-2H3,(H,14,15)/b13-7+. The van der Waals surface area contributed by atoms with Gasteiger partial charge in [0.1, 0.15) is 6.61 Å². The number of phenolic OH excluding ortho intramolecular Hbond substituents is 1. The van der Waals surface area contributed by atoms with Crippen molar-refractivity contribution < 1.29 is 19.4 Å². The summed E-state index contributed by atoms with van der Waals surface area (Å²) >= 11 is 0. The van der Waals surface area contributed by atoms with Crippen LogP contribution in [0.5, 0.6) is 11.5 Å². The van der Waals surface area contributed by atoms with E-state index in [4.69, 9.17) is 9.47 Å². The van der Waals surface area contributed by atoms with Crippen LogP contribution >= 0.6 is 0 Å². The number of rotatable bonds is 6. The van der Waals surface area contributed by atoms with Gasteiger partial charge in [-0.05, 0) is 19.1 Å². The normalized spacial score (nSPS) is 10.6. The first kappa shape index (κ1) is 14.0. The first-order valence-electron chi connectivity index (χ1n) is 5.44. The Kier molecular flexibility index (Phi) is 5.66. The number of phenols is 1. The van der Waals surface area contributed by atoms with E-state index in [0.717, 1.165) is 0 Å². The fourth-order valence-corrected chi connectivity index (χ4v) is 1.21. The van der Waals surface area contributed by atoms with Gasteiger partial charge in [0.25, 0.3) is 5.91 Å². The minimum Gasteiger partial charge on any atom is -0.504 e. The van der Waals surface area contributed by atoms with Gasteiger partial charge in [0, 0.05) is 12.2 Å². The van der Waals surface area contributed by atoms with Crippen LogP contribution in [0.4, 0.5) is 0 Å². The molecule has 0 atom stereocenters. The number of ether oxygens (including phenoxy) is 2. The number of methoxy groups -OCH3 is 1. The second-order valence-electron chi connectivity index (χ2n) is 3.33. The first-order valence-corrected chi connectivity index (χ1v) is 5.44. The molecule has 6 nitrogen and oxygen atoms in total. The number of nitrogens with zero attached hydrogens (tertiary/aromatic N) is 1. The number of carbonyl (C=O) groups is 1. The Morgan fingerprint density at radius 1 is 1.56 bits per heavy atom. The van der Waals surface area contributed by atoms with E-state index in [1.165, 1.54) is 13.3 Å². The SMILES string of the molecule is CCOCC(=O)N/N=C/c1cccc(OC)c1O. The van der Waals surface area contributed by atoms with Gasteiger partial charge in [-0.3, -0.25) is 4.79 Å².